The molecule has 0 atom stereocenters. The molecule has 0 bridgehead atoms. The highest BCUT2D eigenvalue weighted by atomic mass is 15.1. The minimum absolute atomic E-state index is 0.875. The summed E-state index contributed by atoms with van der Waals surface area (Å²) in [7, 11) is 1.99. The third-order valence-corrected chi connectivity index (χ3v) is 2.72. The Morgan fingerprint density at radius 3 is 3.00 bits per heavy atom. The van der Waals surface area contributed by atoms with Gasteiger partial charge in [0.1, 0.15) is 5.52 Å². The number of nitrogens with one attached hydrogen (secondary N) is 2. The zero-order valence-corrected chi connectivity index (χ0v) is 10.4. The number of fused-ring (bicyclic) bond motifs is 1. The van der Waals surface area contributed by atoms with Crippen LogP contribution in [0, 0.1) is 0 Å². The molecule has 2 N–H and O–H groups in total. The number of hydrogen-bond donors (Lipinski definition) is 2. The van der Waals surface area contributed by atoms with Gasteiger partial charge >= 0.3 is 0 Å². The van der Waals surface area contributed by atoms with E-state index in [2.05, 4.69) is 27.5 Å². The van der Waals surface area contributed by atoms with E-state index in [1.807, 2.05) is 30.2 Å². The van der Waals surface area contributed by atoms with Crippen LogP contribution in [0.15, 0.2) is 18.6 Å². The third-order valence-electron chi connectivity index (χ3n) is 2.72. The molecule has 0 radical (unpaired) electrons. The average molecular weight is 233 g/mol. The summed E-state index contributed by atoms with van der Waals surface area (Å²) in [6.07, 6.45) is 4.71. The molecule has 92 valence electrons. The summed E-state index contributed by atoms with van der Waals surface area (Å²) in [5.41, 5.74) is 2.05. The first kappa shape index (κ1) is 11.9. The summed E-state index contributed by atoms with van der Waals surface area (Å²) < 4.78 is 2.00. The zero-order chi connectivity index (χ0) is 12.1. The fourth-order valence-electron chi connectivity index (χ4n) is 1.79. The van der Waals surface area contributed by atoms with Crippen LogP contribution in [0.4, 0.5) is 5.82 Å². The molecular formula is C12H19N5. The van der Waals surface area contributed by atoms with Gasteiger partial charge in [-0.3, -0.25) is 0 Å². The topological polar surface area (TPSA) is 54.8 Å². The van der Waals surface area contributed by atoms with Gasteiger partial charge < -0.3 is 15.2 Å². The lowest BCUT2D eigenvalue weighted by atomic mass is 10.3. The van der Waals surface area contributed by atoms with Crippen molar-refractivity contribution in [2.75, 3.05) is 25.0 Å². The fraction of sp³-hybridized carbons (Fsp3) is 0.500. The molecule has 2 aromatic heterocycles. The fourth-order valence-corrected chi connectivity index (χ4v) is 1.79. The summed E-state index contributed by atoms with van der Waals surface area (Å²) in [5.74, 6) is 0.875. The Morgan fingerprint density at radius 2 is 2.18 bits per heavy atom. The van der Waals surface area contributed by atoms with Gasteiger partial charge in [-0.05, 0) is 25.6 Å². The molecule has 2 rings (SSSR count). The molecule has 17 heavy (non-hydrogen) atoms. The maximum Gasteiger partial charge on any atom is 0.154 e. The number of pyridine rings is 1. The Bertz CT molecular complexity index is 477. The van der Waals surface area contributed by atoms with E-state index in [4.69, 9.17) is 0 Å². The van der Waals surface area contributed by atoms with Crippen molar-refractivity contribution in [1.29, 1.82) is 0 Å². The van der Waals surface area contributed by atoms with Crippen LogP contribution < -0.4 is 10.6 Å². The molecule has 0 aliphatic carbocycles. The Hall–Kier alpha value is -1.62. The Balaban J connectivity index is 1.99. The van der Waals surface area contributed by atoms with Gasteiger partial charge in [-0.2, -0.15) is 0 Å². The van der Waals surface area contributed by atoms with Crippen LogP contribution in [0.5, 0.6) is 0 Å². The Labute approximate surface area is 101 Å². The first-order chi connectivity index (χ1) is 8.33. The van der Waals surface area contributed by atoms with E-state index in [1.54, 1.807) is 0 Å². The van der Waals surface area contributed by atoms with Crippen LogP contribution >= 0.6 is 0 Å². The van der Waals surface area contributed by atoms with E-state index >= 15 is 0 Å². The molecule has 0 aromatic carbocycles. The van der Waals surface area contributed by atoms with E-state index in [9.17, 15) is 0 Å². The molecule has 0 fully saturated rings. The molecule has 2 aromatic rings. The van der Waals surface area contributed by atoms with Crippen LogP contribution in [0.25, 0.3) is 11.0 Å². The number of aryl methyl sites for hydroxylation is 1. The van der Waals surface area contributed by atoms with Gasteiger partial charge in [-0.1, -0.05) is 6.92 Å². The van der Waals surface area contributed by atoms with Crippen LogP contribution in [-0.2, 0) is 7.05 Å². The second-order valence-corrected chi connectivity index (χ2v) is 4.02. The highest BCUT2D eigenvalue weighted by Gasteiger charge is 2.05. The number of rotatable bonds is 6. The number of aromatic nitrogens is 3. The van der Waals surface area contributed by atoms with Gasteiger partial charge in [0.15, 0.2) is 5.82 Å². The predicted octanol–water partition coefficient (Wildman–Crippen LogP) is 1.38. The van der Waals surface area contributed by atoms with Gasteiger partial charge in [0.05, 0.1) is 11.8 Å². The number of nitrogens with zero attached hydrogens (tertiary/aromatic N) is 3. The molecule has 0 saturated heterocycles. The van der Waals surface area contributed by atoms with E-state index in [1.165, 1.54) is 0 Å². The molecular weight excluding hydrogens is 214 g/mol. The molecule has 0 saturated carbocycles. The molecule has 5 nitrogen and oxygen atoms in total. The molecule has 0 spiro atoms. The first-order valence-corrected chi connectivity index (χ1v) is 6.03. The molecule has 2 heterocycles. The van der Waals surface area contributed by atoms with E-state index in [-0.39, 0.29) is 0 Å². The van der Waals surface area contributed by atoms with Crippen molar-refractivity contribution in [2.24, 2.45) is 7.05 Å². The van der Waals surface area contributed by atoms with Crippen molar-refractivity contribution in [3.8, 4) is 0 Å². The SMILES string of the molecule is CCNCCCNc1nccc2c1ncn2C. The molecule has 5 heteroatoms. The normalized spacial score (nSPS) is 10.9. The Morgan fingerprint density at radius 1 is 1.29 bits per heavy atom. The lowest BCUT2D eigenvalue weighted by molar-refractivity contribution is 0.688. The zero-order valence-electron chi connectivity index (χ0n) is 10.4. The van der Waals surface area contributed by atoms with E-state index in [0.29, 0.717) is 0 Å². The van der Waals surface area contributed by atoms with Crippen molar-refractivity contribution in [2.45, 2.75) is 13.3 Å². The van der Waals surface area contributed by atoms with Crippen molar-refractivity contribution in [3.05, 3.63) is 18.6 Å². The van der Waals surface area contributed by atoms with Crippen LogP contribution in [0.2, 0.25) is 0 Å². The standard InChI is InChI=1S/C12H19N5/c1-3-13-6-4-7-14-12-11-10(5-8-15-12)17(2)9-16-11/h5,8-9,13H,3-4,6-7H2,1-2H3,(H,14,15). The second-order valence-electron chi connectivity index (χ2n) is 4.02. The molecule has 0 amide bonds. The molecule has 0 unspecified atom stereocenters. The van der Waals surface area contributed by atoms with Gasteiger partial charge in [0.25, 0.3) is 0 Å². The number of anilines is 1. The lowest BCUT2D eigenvalue weighted by Gasteiger charge is -2.06. The van der Waals surface area contributed by atoms with Gasteiger partial charge in [-0.15, -0.1) is 0 Å². The average Bonchev–Trinajstić information content (AvgIpc) is 2.72. The number of imidazole rings is 1. The minimum atomic E-state index is 0.875. The largest absolute Gasteiger partial charge is 0.368 e. The van der Waals surface area contributed by atoms with Crippen molar-refractivity contribution in [3.63, 3.8) is 0 Å². The van der Waals surface area contributed by atoms with Crippen LogP contribution in [0.3, 0.4) is 0 Å². The summed E-state index contributed by atoms with van der Waals surface area (Å²) in [6, 6.07) is 1.98. The van der Waals surface area contributed by atoms with E-state index < -0.39 is 0 Å². The van der Waals surface area contributed by atoms with Gasteiger partial charge in [-0.25, -0.2) is 9.97 Å². The van der Waals surface area contributed by atoms with Gasteiger partial charge in [0.2, 0.25) is 0 Å². The number of hydrogen-bond acceptors (Lipinski definition) is 4. The summed E-state index contributed by atoms with van der Waals surface area (Å²) >= 11 is 0. The second kappa shape index (κ2) is 5.63. The first-order valence-electron chi connectivity index (χ1n) is 6.03. The van der Waals surface area contributed by atoms with Gasteiger partial charge in [0, 0.05) is 19.8 Å². The highest BCUT2D eigenvalue weighted by molar-refractivity contribution is 5.85. The quantitative estimate of drug-likeness (QED) is 0.740. The minimum Gasteiger partial charge on any atom is -0.368 e. The smallest absolute Gasteiger partial charge is 0.154 e. The molecule has 0 aliphatic rings. The lowest BCUT2D eigenvalue weighted by Crippen LogP contribution is -2.17. The van der Waals surface area contributed by atoms with E-state index in [0.717, 1.165) is 42.9 Å². The maximum absolute atomic E-state index is 4.36. The molecule has 0 aliphatic heterocycles. The Kier molecular flexibility index (Phi) is 3.93. The van der Waals surface area contributed by atoms with Crippen molar-refractivity contribution < 1.29 is 0 Å². The predicted molar refractivity (Wildman–Crippen MR) is 70.2 cm³/mol. The van der Waals surface area contributed by atoms with Crippen molar-refractivity contribution >= 4 is 16.9 Å². The summed E-state index contributed by atoms with van der Waals surface area (Å²) in [6.45, 7) is 5.08. The van der Waals surface area contributed by atoms with Crippen LogP contribution in [-0.4, -0.2) is 34.2 Å². The maximum atomic E-state index is 4.36. The van der Waals surface area contributed by atoms with Crippen LogP contribution in [0.1, 0.15) is 13.3 Å². The van der Waals surface area contributed by atoms with Crippen molar-refractivity contribution in [1.82, 2.24) is 19.9 Å². The summed E-state index contributed by atoms with van der Waals surface area (Å²) in [4.78, 5) is 8.69. The third kappa shape index (κ3) is 2.74. The summed E-state index contributed by atoms with van der Waals surface area (Å²) in [5, 5.41) is 6.63. The monoisotopic (exact) mass is 233 g/mol. The highest BCUT2D eigenvalue weighted by Crippen LogP contribution is 2.18.